The van der Waals surface area contributed by atoms with Gasteiger partial charge in [0, 0.05) is 5.39 Å². The number of carboxylic acid groups (broad SMARTS) is 1. The minimum Gasteiger partial charge on any atom is -0.480 e. The van der Waals surface area contributed by atoms with E-state index in [1.807, 2.05) is 32.9 Å². The Balaban J connectivity index is 2.17. The van der Waals surface area contributed by atoms with Crippen molar-refractivity contribution in [1.29, 1.82) is 0 Å². The van der Waals surface area contributed by atoms with Crippen LogP contribution in [0.15, 0.2) is 16.7 Å². The van der Waals surface area contributed by atoms with Crippen molar-refractivity contribution >= 4 is 22.8 Å². The normalized spacial score (nSPS) is 12.3. The molecule has 0 radical (unpaired) electrons. The predicted molar refractivity (Wildman–Crippen MR) is 81.7 cm³/mol. The smallest absolute Gasteiger partial charge is 0.326 e. The zero-order valence-electron chi connectivity index (χ0n) is 13.0. The van der Waals surface area contributed by atoms with Crippen LogP contribution in [0.3, 0.4) is 0 Å². The van der Waals surface area contributed by atoms with Crippen LogP contribution in [0.4, 0.5) is 0 Å². The summed E-state index contributed by atoms with van der Waals surface area (Å²) in [6.07, 6.45) is 1.09. The molecule has 1 aromatic carbocycles. The lowest BCUT2D eigenvalue weighted by molar-refractivity contribution is -0.141. The van der Waals surface area contributed by atoms with E-state index in [2.05, 4.69) is 10.5 Å². The molecule has 0 aliphatic heterocycles. The summed E-state index contributed by atoms with van der Waals surface area (Å²) in [5.74, 6) is -1.39. The number of carbonyl (C=O) groups excluding carboxylic acids is 1. The third-order valence-corrected chi connectivity index (χ3v) is 3.53. The topological polar surface area (TPSA) is 92.4 Å². The van der Waals surface area contributed by atoms with Gasteiger partial charge in [0.25, 0.3) is 0 Å². The maximum atomic E-state index is 12.1. The molecule has 22 heavy (non-hydrogen) atoms. The highest BCUT2D eigenvalue weighted by Gasteiger charge is 2.21. The van der Waals surface area contributed by atoms with Crippen molar-refractivity contribution < 1.29 is 19.2 Å². The minimum absolute atomic E-state index is 0.00436. The van der Waals surface area contributed by atoms with Crippen molar-refractivity contribution in [3.05, 3.63) is 29.0 Å². The molecule has 118 valence electrons. The number of amides is 1. The van der Waals surface area contributed by atoms with E-state index >= 15 is 0 Å². The zero-order valence-corrected chi connectivity index (χ0v) is 13.0. The van der Waals surface area contributed by atoms with Gasteiger partial charge in [0.05, 0.1) is 6.42 Å². The van der Waals surface area contributed by atoms with Crippen molar-refractivity contribution in [2.24, 2.45) is 0 Å². The van der Waals surface area contributed by atoms with Gasteiger partial charge in [0.15, 0.2) is 5.58 Å². The highest BCUT2D eigenvalue weighted by atomic mass is 16.5. The monoisotopic (exact) mass is 304 g/mol. The van der Waals surface area contributed by atoms with Gasteiger partial charge < -0.3 is 14.9 Å². The largest absolute Gasteiger partial charge is 0.480 e. The molecule has 0 aliphatic carbocycles. The van der Waals surface area contributed by atoms with Crippen molar-refractivity contribution in [2.75, 3.05) is 0 Å². The number of fused-ring (bicyclic) bond motifs is 1. The van der Waals surface area contributed by atoms with E-state index in [4.69, 9.17) is 9.63 Å². The first kappa shape index (κ1) is 16.0. The number of aliphatic carboxylic acids is 1. The Kier molecular flexibility index (Phi) is 4.80. The summed E-state index contributed by atoms with van der Waals surface area (Å²) in [5.41, 5.74) is 3.22. The summed E-state index contributed by atoms with van der Waals surface area (Å²) in [7, 11) is 0. The average Bonchev–Trinajstić information content (AvgIpc) is 2.81. The van der Waals surface area contributed by atoms with Crippen LogP contribution in [0.2, 0.25) is 0 Å². The second-order valence-electron chi connectivity index (χ2n) is 5.51. The molecule has 1 amide bonds. The van der Waals surface area contributed by atoms with Gasteiger partial charge in [-0.2, -0.15) is 0 Å². The van der Waals surface area contributed by atoms with Gasteiger partial charge in [0.2, 0.25) is 5.91 Å². The van der Waals surface area contributed by atoms with Crippen molar-refractivity contribution in [3.8, 4) is 0 Å². The Labute approximate surface area is 128 Å². The maximum Gasteiger partial charge on any atom is 0.326 e. The molecule has 0 saturated carbocycles. The molecule has 1 unspecified atom stereocenters. The van der Waals surface area contributed by atoms with E-state index < -0.39 is 12.0 Å². The number of carboxylic acids is 1. The maximum absolute atomic E-state index is 12.1. The molecule has 0 saturated heterocycles. The van der Waals surface area contributed by atoms with E-state index in [1.54, 1.807) is 0 Å². The molecule has 2 rings (SSSR count). The fourth-order valence-electron chi connectivity index (χ4n) is 2.58. The van der Waals surface area contributed by atoms with Crippen LogP contribution in [0.5, 0.6) is 0 Å². The standard InChI is InChI=1S/C16H20N2O4/c1-4-5-11(16(20)21)17-14(19)8-12-15-10(3)6-9(2)7-13(15)22-18-12/h6-7,11H,4-5,8H2,1-3H3,(H,17,19)(H,20,21). The first-order valence-corrected chi connectivity index (χ1v) is 7.30. The van der Waals surface area contributed by atoms with E-state index in [9.17, 15) is 9.59 Å². The second-order valence-corrected chi connectivity index (χ2v) is 5.51. The SMILES string of the molecule is CCCC(NC(=O)Cc1noc2cc(C)cc(C)c12)C(=O)O. The van der Waals surface area contributed by atoms with Crippen LogP contribution in [0.25, 0.3) is 11.0 Å². The van der Waals surface area contributed by atoms with E-state index in [-0.39, 0.29) is 12.3 Å². The van der Waals surface area contributed by atoms with Crippen LogP contribution in [0, 0.1) is 13.8 Å². The number of nitrogens with one attached hydrogen (secondary N) is 1. The lowest BCUT2D eigenvalue weighted by Crippen LogP contribution is -2.41. The van der Waals surface area contributed by atoms with Gasteiger partial charge >= 0.3 is 5.97 Å². The molecule has 1 heterocycles. The van der Waals surface area contributed by atoms with Crippen molar-refractivity contribution in [3.63, 3.8) is 0 Å². The molecule has 0 fully saturated rings. The van der Waals surface area contributed by atoms with Gasteiger partial charge in [-0.05, 0) is 37.5 Å². The predicted octanol–water partition coefficient (Wildman–Crippen LogP) is 2.36. The Morgan fingerprint density at radius 1 is 1.36 bits per heavy atom. The quantitative estimate of drug-likeness (QED) is 0.854. The molecule has 1 atom stereocenters. The van der Waals surface area contributed by atoms with Crippen LogP contribution >= 0.6 is 0 Å². The zero-order chi connectivity index (χ0) is 16.3. The van der Waals surface area contributed by atoms with Crippen LogP contribution in [0.1, 0.15) is 36.6 Å². The third-order valence-electron chi connectivity index (χ3n) is 3.53. The molecular formula is C16H20N2O4. The van der Waals surface area contributed by atoms with Crippen LogP contribution < -0.4 is 5.32 Å². The van der Waals surface area contributed by atoms with Gasteiger partial charge in [-0.3, -0.25) is 4.79 Å². The molecule has 2 aromatic rings. The first-order valence-electron chi connectivity index (χ1n) is 7.30. The number of hydrogen-bond acceptors (Lipinski definition) is 4. The fraction of sp³-hybridized carbons (Fsp3) is 0.438. The highest BCUT2D eigenvalue weighted by Crippen LogP contribution is 2.24. The lowest BCUT2D eigenvalue weighted by Gasteiger charge is -2.12. The Morgan fingerprint density at radius 2 is 2.09 bits per heavy atom. The number of hydrogen-bond donors (Lipinski definition) is 2. The molecule has 2 N–H and O–H groups in total. The molecule has 1 aromatic heterocycles. The van der Waals surface area contributed by atoms with Gasteiger partial charge in [-0.1, -0.05) is 24.6 Å². The number of benzene rings is 1. The fourth-order valence-corrected chi connectivity index (χ4v) is 2.58. The van der Waals surface area contributed by atoms with E-state index in [1.165, 1.54) is 0 Å². The molecule has 0 aliphatic rings. The van der Waals surface area contributed by atoms with E-state index in [0.29, 0.717) is 24.1 Å². The Hall–Kier alpha value is -2.37. The van der Waals surface area contributed by atoms with Gasteiger partial charge in [-0.25, -0.2) is 4.79 Å². The van der Waals surface area contributed by atoms with Crippen LogP contribution in [-0.4, -0.2) is 28.2 Å². The third kappa shape index (κ3) is 3.44. The molecule has 6 heteroatoms. The van der Waals surface area contributed by atoms with Gasteiger partial charge in [-0.15, -0.1) is 0 Å². The summed E-state index contributed by atoms with van der Waals surface area (Å²) in [6, 6.07) is 3.00. The summed E-state index contributed by atoms with van der Waals surface area (Å²) in [6.45, 7) is 5.77. The number of aryl methyl sites for hydroxylation is 2. The van der Waals surface area contributed by atoms with E-state index in [0.717, 1.165) is 16.5 Å². The summed E-state index contributed by atoms with van der Waals surface area (Å²) < 4.78 is 5.27. The van der Waals surface area contributed by atoms with Gasteiger partial charge in [0.1, 0.15) is 11.7 Å². The summed E-state index contributed by atoms with van der Waals surface area (Å²) in [5, 5.41) is 16.4. The highest BCUT2D eigenvalue weighted by molar-refractivity contribution is 5.90. The molecular weight excluding hydrogens is 284 g/mol. The number of rotatable bonds is 6. The molecule has 0 bridgehead atoms. The average molecular weight is 304 g/mol. The second kappa shape index (κ2) is 6.60. The Bertz CT molecular complexity index is 705. The van der Waals surface area contributed by atoms with Crippen molar-refractivity contribution in [1.82, 2.24) is 10.5 Å². The summed E-state index contributed by atoms with van der Waals surface area (Å²) in [4.78, 5) is 23.1. The van der Waals surface area contributed by atoms with Crippen LogP contribution in [-0.2, 0) is 16.0 Å². The summed E-state index contributed by atoms with van der Waals surface area (Å²) >= 11 is 0. The number of nitrogens with zero attached hydrogens (tertiary/aromatic N) is 1. The number of aromatic nitrogens is 1. The minimum atomic E-state index is -1.02. The molecule has 0 spiro atoms. The molecule has 6 nitrogen and oxygen atoms in total. The van der Waals surface area contributed by atoms with Crippen molar-refractivity contribution in [2.45, 2.75) is 46.1 Å². The number of carbonyl (C=O) groups is 2. The Morgan fingerprint density at radius 3 is 2.73 bits per heavy atom. The first-order chi connectivity index (χ1) is 10.4. The lowest BCUT2D eigenvalue weighted by atomic mass is 10.0.